The largest absolute Gasteiger partial charge is 0.488 e. The number of carboxylic acid groups (broad SMARTS) is 1. The molecule has 32 heavy (non-hydrogen) atoms. The molecule has 7 heteroatoms. The number of ether oxygens (including phenoxy) is 1. The van der Waals surface area contributed by atoms with Crippen LogP contribution in [0.4, 0.5) is 0 Å². The molecule has 0 radical (unpaired) electrons. The fourth-order valence-electron chi connectivity index (χ4n) is 3.20. The van der Waals surface area contributed by atoms with Crippen molar-refractivity contribution in [1.82, 2.24) is 9.97 Å². The summed E-state index contributed by atoms with van der Waals surface area (Å²) in [6.45, 7) is 2.31. The summed E-state index contributed by atoms with van der Waals surface area (Å²) in [6.07, 6.45) is 1.77. The summed E-state index contributed by atoms with van der Waals surface area (Å²) in [6, 6.07) is 20.2. The van der Waals surface area contributed by atoms with Gasteiger partial charge in [0.2, 0.25) is 0 Å². The highest BCUT2D eigenvalue weighted by atomic mass is 79.9. The van der Waals surface area contributed by atoms with Crippen LogP contribution in [0.3, 0.4) is 0 Å². The van der Waals surface area contributed by atoms with E-state index in [9.17, 15) is 10.1 Å². The summed E-state index contributed by atoms with van der Waals surface area (Å²) in [5.41, 5.74) is 5.17. The molecule has 0 aliphatic rings. The summed E-state index contributed by atoms with van der Waals surface area (Å²) in [4.78, 5) is 18.7. The Morgan fingerprint density at radius 1 is 1.19 bits per heavy atom. The summed E-state index contributed by atoms with van der Waals surface area (Å²) < 4.78 is 6.59. The number of fused-ring (bicyclic) bond motifs is 1. The first-order valence-corrected chi connectivity index (χ1v) is 10.6. The van der Waals surface area contributed by atoms with Crippen LogP contribution in [0.25, 0.3) is 22.7 Å². The van der Waals surface area contributed by atoms with E-state index in [0.29, 0.717) is 23.8 Å². The van der Waals surface area contributed by atoms with E-state index in [1.165, 1.54) is 0 Å². The maximum Gasteiger partial charge on any atom is 0.335 e. The highest BCUT2D eigenvalue weighted by Crippen LogP contribution is 2.29. The molecule has 3 aromatic carbocycles. The SMILES string of the molecule is Cc1ccc2nc(/C(C#N)=C\c3ccc(OCc4ccc(C(=O)O)cc4)c(Br)c3)[nH]c2c1. The lowest BCUT2D eigenvalue weighted by Gasteiger charge is -2.09. The predicted octanol–water partition coefficient (Wildman–Crippen LogP) is 5.98. The van der Waals surface area contributed by atoms with Crippen molar-refractivity contribution < 1.29 is 14.6 Å². The highest BCUT2D eigenvalue weighted by molar-refractivity contribution is 9.10. The number of carbonyl (C=O) groups is 1. The third kappa shape index (κ3) is 4.71. The zero-order valence-electron chi connectivity index (χ0n) is 17.1. The monoisotopic (exact) mass is 487 g/mol. The normalized spacial score (nSPS) is 11.3. The number of halogens is 1. The van der Waals surface area contributed by atoms with Gasteiger partial charge in [-0.1, -0.05) is 24.3 Å². The minimum Gasteiger partial charge on any atom is -0.488 e. The first kappa shape index (κ1) is 21.3. The van der Waals surface area contributed by atoms with Crippen molar-refractivity contribution in [2.24, 2.45) is 0 Å². The van der Waals surface area contributed by atoms with E-state index in [2.05, 4.69) is 32.0 Å². The topological polar surface area (TPSA) is 99.0 Å². The molecule has 0 bridgehead atoms. The lowest BCUT2D eigenvalue weighted by atomic mass is 10.1. The van der Waals surface area contributed by atoms with Gasteiger partial charge in [0.1, 0.15) is 24.3 Å². The number of nitrogens with one attached hydrogen (secondary N) is 1. The fourth-order valence-corrected chi connectivity index (χ4v) is 3.71. The van der Waals surface area contributed by atoms with Crippen LogP contribution in [0.15, 0.2) is 65.1 Å². The molecule has 0 saturated heterocycles. The fraction of sp³-hybridized carbons (Fsp3) is 0.0800. The number of benzene rings is 3. The van der Waals surface area contributed by atoms with Gasteiger partial charge in [-0.15, -0.1) is 0 Å². The number of aromatic carboxylic acids is 1. The molecular weight excluding hydrogens is 470 g/mol. The van der Waals surface area contributed by atoms with Crippen molar-refractivity contribution in [3.05, 3.63) is 93.2 Å². The van der Waals surface area contributed by atoms with Crippen molar-refractivity contribution in [3.8, 4) is 11.8 Å². The molecule has 0 atom stereocenters. The van der Waals surface area contributed by atoms with Crippen molar-refractivity contribution >= 4 is 44.6 Å². The second-order valence-corrected chi connectivity index (χ2v) is 8.11. The van der Waals surface area contributed by atoms with Crippen molar-refractivity contribution in [2.75, 3.05) is 0 Å². The van der Waals surface area contributed by atoms with Crippen LogP contribution in [0.1, 0.15) is 32.9 Å². The molecule has 4 rings (SSSR count). The second-order valence-electron chi connectivity index (χ2n) is 7.26. The van der Waals surface area contributed by atoms with Gasteiger partial charge in [0.05, 0.1) is 26.6 Å². The van der Waals surface area contributed by atoms with E-state index in [-0.39, 0.29) is 5.56 Å². The number of hydrogen-bond acceptors (Lipinski definition) is 4. The van der Waals surface area contributed by atoms with Crippen LogP contribution in [0.5, 0.6) is 5.75 Å². The van der Waals surface area contributed by atoms with Crippen molar-refractivity contribution in [2.45, 2.75) is 13.5 Å². The van der Waals surface area contributed by atoms with Gasteiger partial charge < -0.3 is 14.8 Å². The van der Waals surface area contributed by atoms with E-state index in [1.54, 1.807) is 30.3 Å². The average molecular weight is 488 g/mol. The zero-order chi connectivity index (χ0) is 22.7. The molecular formula is C25H18BrN3O3. The van der Waals surface area contributed by atoms with Gasteiger partial charge in [-0.2, -0.15) is 5.26 Å². The number of carboxylic acids is 1. The molecule has 0 saturated carbocycles. The Balaban J connectivity index is 1.51. The van der Waals surface area contributed by atoms with Gasteiger partial charge in [-0.3, -0.25) is 0 Å². The van der Waals surface area contributed by atoms with Gasteiger partial charge >= 0.3 is 5.97 Å². The molecule has 0 aliphatic heterocycles. The minimum absolute atomic E-state index is 0.235. The predicted molar refractivity (Wildman–Crippen MR) is 126 cm³/mol. The van der Waals surface area contributed by atoms with Crippen LogP contribution >= 0.6 is 15.9 Å². The molecule has 1 aromatic heterocycles. The summed E-state index contributed by atoms with van der Waals surface area (Å²) in [5, 5.41) is 18.6. The lowest BCUT2D eigenvalue weighted by Crippen LogP contribution is -1.99. The maximum absolute atomic E-state index is 10.9. The van der Waals surface area contributed by atoms with E-state index < -0.39 is 5.97 Å². The second kappa shape index (κ2) is 9.08. The molecule has 0 fully saturated rings. The van der Waals surface area contributed by atoms with Crippen molar-refractivity contribution in [3.63, 3.8) is 0 Å². The number of nitriles is 1. The Bertz CT molecular complexity index is 1380. The smallest absolute Gasteiger partial charge is 0.335 e. The molecule has 4 aromatic rings. The number of hydrogen-bond donors (Lipinski definition) is 2. The van der Waals surface area contributed by atoms with E-state index in [4.69, 9.17) is 9.84 Å². The molecule has 1 heterocycles. The Labute approximate surface area is 192 Å². The molecule has 6 nitrogen and oxygen atoms in total. The number of rotatable bonds is 6. The molecule has 0 spiro atoms. The van der Waals surface area contributed by atoms with E-state index >= 15 is 0 Å². The third-order valence-corrected chi connectivity index (χ3v) is 5.49. The Hall–Kier alpha value is -3.89. The van der Waals surface area contributed by atoms with Crippen LogP contribution in [-0.2, 0) is 6.61 Å². The lowest BCUT2D eigenvalue weighted by molar-refractivity contribution is 0.0697. The van der Waals surface area contributed by atoms with Gasteiger partial charge in [0.25, 0.3) is 0 Å². The summed E-state index contributed by atoms with van der Waals surface area (Å²) in [5.74, 6) is 0.204. The van der Waals surface area contributed by atoms with Gasteiger partial charge in [0, 0.05) is 0 Å². The van der Waals surface area contributed by atoms with E-state index in [0.717, 1.165) is 32.2 Å². The standard InChI is InChI=1S/C25H18BrN3O3/c1-15-2-8-21-22(10-15)29-24(28-21)19(13-27)11-17-5-9-23(20(26)12-17)32-14-16-3-6-18(7-4-16)25(30)31/h2-12H,14H2,1H3,(H,28,29)(H,30,31)/b19-11-. The maximum atomic E-state index is 10.9. The molecule has 0 unspecified atom stereocenters. The van der Waals surface area contributed by atoms with Crippen LogP contribution < -0.4 is 4.74 Å². The number of aromatic amines is 1. The molecule has 2 N–H and O–H groups in total. The first-order valence-electron chi connectivity index (χ1n) is 9.76. The number of imidazole rings is 1. The Kier molecular flexibility index (Phi) is 6.06. The summed E-state index contributed by atoms with van der Waals surface area (Å²) >= 11 is 3.52. The third-order valence-electron chi connectivity index (χ3n) is 4.88. The Morgan fingerprint density at radius 3 is 2.66 bits per heavy atom. The number of aryl methyl sites for hydroxylation is 1. The number of nitrogens with zero attached hydrogens (tertiary/aromatic N) is 2. The molecule has 0 aliphatic carbocycles. The number of H-pyrrole nitrogens is 1. The quantitative estimate of drug-likeness (QED) is 0.326. The van der Waals surface area contributed by atoms with Gasteiger partial charge in [-0.25, -0.2) is 9.78 Å². The Morgan fingerprint density at radius 2 is 1.97 bits per heavy atom. The van der Waals surface area contributed by atoms with Crippen LogP contribution in [-0.4, -0.2) is 21.0 Å². The molecule has 0 amide bonds. The zero-order valence-corrected chi connectivity index (χ0v) is 18.7. The van der Waals surface area contributed by atoms with Crippen molar-refractivity contribution in [1.29, 1.82) is 5.26 Å². The average Bonchev–Trinajstić information content (AvgIpc) is 3.20. The van der Waals surface area contributed by atoms with Gasteiger partial charge in [0.15, 0.2) is 0 Å². The van der Waals surface area contributed by atoms with Gasteiger partial charge in [-0.05, 0) is 82.0 Å². The van der Waals surface area contributed by atoms with E-state index in [1.807, 2.05) is 43.3 Å². The number of allylic oxidation sites excluding steroid dienone is 1. The summed E-state index contributed by atoms with van der Waals surface area (Å²) in [7, 11) is 0. The minimum atomic E-state index is -0.960. The molecule has 158 valence electrons. The first-order chi connectivity index (χ1) is 15.4. The number of aromatic nitrogens is 2. The highest BCUT2D eigenvalue weighted by Gasteiger charge is 2.10. The van der Waals surface area contributed by atoms with Crippen LogP contribution in [0, 0.1) is 18.3 Å². The van der Waals surface area contributed by atoms with Crippen LogP contribution in [0.2, 0.25) is 0 Å².